The van der Waals surface area contributed by atoms with Crippen molar-refractivity contribution < 1.29 is 0 Å². The average Bonchev–Trinajstić information content (AvgIpc) is 2.23. The van der Waals surface area contributed by atoms with Gasteiger partial charge in [-0.05, 0) is 6.92 Å². The minimum atomic E-state index is 0.727. The summed E-state index contributed by atoms with van der Waals surface area (Å²) >= 11 is 1.99. The Balaban J connectivity index is 0.000000291. The summed E-state index contributed by atoms with van der Waals surface area (Å²) in [4.78, 5) is 0. The Morgan fingerprint density at radius 3 is 2.00 bits per heavy atom. The first-order valence-electron chi connectivity index (χ1n) is 3.65. The van der Waals surface area contributed by atoms with Crippen LogP contribution in [0.25, 0.3) is 0 Å². The minimum Gasteiger partial charge on any atom is -0.304 e. The summed E-state index contributed by atoms with van der Waals surface area (Å²) in [6.45, 7) is 8.49. The number of nitrogens with one attached hydrogen (secondary N) is 1. The van der Waals surface area contributed by atoms with Crippen LogP contribution in [0.2, 0.25) is 0 Å². The summed E-state index contributed by atoms with van der Waals surface area (Å²) in [5.41, 5.74) is 0. The monoisotopic (exact) mass is 147 g/mol. The zero-order valence-electron chi connectivity index (χ0n) is 6.77. The van der Waals surface area contributed by atoms with Crippen LogP contribution in [-0.4, -0.2) is 17.2 Å². The second-order valence-corrected chi connectivity index (χ2v) is 3.37. The van der Waals surface area contributed by atoms with E-state index in [2.05, 4.69) is 19.2 Å². The Morgan fingerprint density at radius 2 is 1.89 bits per heavy atom. The van der Waals surface area contributed by atoms with Crippen molar-refractivity contribution in [3.05, 3.63) is 0 Å². The molecule has 2 atom stereocenters. The van der Waals surface area contributed by atoms with E-state index in [0.29, 0.717) is 0 Å². The molecule has 0 bridgehead atoms. The maximum absolute atomic E-state index is 3.33. The van der Waals surface area contributed by atoms with Crippen molar-refractivity contribution >= 4 is 11.8 Å². The lowest BCUT2D eigenvalue weighted by atomic mass is 10.3. The predicted octanol–water partition coefficient (Wildman–Crippen LogP) is 2.08. The van der Waals surface area contributed by atoms with Gasteiger partial charge >= 0.3 is 0 Å². The fourth-order valence-corrected chi connectivity index (χ4v) is 1.63. The summed E-state index contributed by atoms with van der Waals surface area (Å²) < 4.78 is 0. The third-order valence-corrected chi connectivity index (χ3v) is 2.72. The quantitative estimate of drug-likeness (QED) is 0.563. The van der Waals surface area contributed by atoms with Crippen molar-refractivity contribution in [3.8, 4) is 0 Å². The number of rotatable bonds is 0. The molecule has 1 aliphatic heterocycles. The van der Waals surface area contributed by atoms with Gasteiger partial charge in [-0.2, -0.15) is 0 Å². The third kappa shape index (κ3) is 3.11. The maximum atomic E-state index is 3.33. The molecule has 1 saturated heterocycles. The van der Waals surface area contributed by atoms with Crippen molar-refractivity contribution in [2.75, 3.05) is 5.88 Å². The van der Waals surface area contributed by atoms with E-state index in [4.69, 9.17) is 0 Å². The highest BCUT2D eigenvalue weighted by Crippen LogP contribution is 2.18. The predicted molar refractivity (Wildman–Crippen MR) is 45.9 cm³/mol. The molecule has 0 aromatic carbocycles. The molecule has 0 amide bonds. The van der Waals surface area contributed by atoms with Crippen molar-refractivity contribution in [1.29, 1.82) is 0 Å². The van der Waals surface area contributed by atoms with Crippen LogP contribution in [0.5, 0.6) is 0 Å². The standard InChI is InChI=1S/C5H11NS.C2H6/c1-4-5(2)7-3-6-4;1-2/h4-6H,3H2,1-2H3;1-2H3. The van der Waals surface area contributed by atoms with Crippen LogP contribution in [0.1, 0.15) is 27.7 Å². The molecule has 2 heteroatoms. The first kappa shape index (κ1) is 9.31. The highest BCUT2D eigenvalue weighted by atomic mass is 32.2. The normalized spacial score (nSPS) is 33.3. The van der Waals surface area contributed by atoms with E-state index in [-0.39, 0.29) is 0 Å². The molecule has 0 aromatic rings. The molecule has 0 aliphatic carbocycles. The number of hydrogen-bond acceptors (Lipinski definition) is 2. The van der Waals surface area contributed by atoms with Crippen LogP contribution >= 0.6 is 11.8 Å². The zero-order valence-corrected chi connectivity index (χ0v) is 7.59. The molecule has 1 fully saturated rings. The summed E-state index contributed by atoms with van der Waals surface area (Å²) in [6, 6.07) is 0.727. The second-order valence-electron chi connectivity index (χ2n) is 2.01. The summed E-state index contributed by atoms with van der Waals surface area (Å²) in [5, 5.41) is 4.15. The van der Waals surface area contributed by atoms with E-state index in [1.807, 2.05) is 25.6 Å². The molecule has 1 aliphatic rings. The maximum Gasteiger partial charge on any atom is 0.0423 e. The van der Waals surface area contributed by atoms with Crippen LogP contribution in [0.15, 0.2) is 0 Å². The van der Waals surface area contributed by atoms with Crippen LogP contribution in [0, 0.1) is 0 Å². The Labute approximate surface area is 62.6 Å². The largest absolute Gasteiger partial charge is 0.304 e. The van der Waals surface area contributed by atoms with Gasteiger partial charge in [0, 0.05) is 17.2 Å². The first-order valence-corrected chi connectivity index (χ1v) is 4.70. The number of hydrogen-bond donors (Lipinski definition) is 1. The van der Waals surface area contributed by atoms with Gasteiger partial charge in [-0.1, -0.05) is 20.8 Å². The highest BCUT2D eigenvalue weighted by Gasteiger charge is 2.17. The topological polar surface area (TPSA) is 12.0 Å². The van der Waals surface area contributed by atoms with Gasteiger partial charge in [0.25, 0.3) is 0 Å². The Bertz CT molecular complexity index is 57.9. The molecule has 2 unspecified atom stereocenters. The second kappa shape index (κ2) is 5.12. The van der Waals surface area contributed by atoms with Gasteiger partial charge in [-0.15, -0.1) is 11.8 Å². The summed E-state index contributed by atoms with van der Waals surface area (Å²) in [5.74, 6) is 1.14. The van der Waals surface area contributed by atoms with Gasteiger partial charge in [0.15, 0.2) is 0 Å². The fourth-order valence-electron chi connectivity index (χ4n) is 0.621. The van der Waals surface area contributed by atoms with E-state index in [0.717, 1.165) is 17.2 Å². The van der Waals surface area contributed by atoms with E-state index in [9.17, 15) is 0 Å². The first-order chi connectivity index (χ1) is 4.30. The number of thioether (sulfide) groups is 1. The third-order valence-electron chi connectivity index (χ3n) is 1.46. The lowest BCUT2D eigenvalue weighted by molar-refractivity contribution is 0.627. The lowest BCUT2D eigenvalue weighted by Gasteiger charge is -2.04. The highest BCUT2D eigenvalue weighted by molar-refractivity contribution is 8.00. The van der Waals surface area contributed by atoms with E-state index in [1.165, 1.54) is 0 Å². The molecule has 1 N–H and O–H groups in total. The van der Waals surface area contributed by atoms with Crippen molar-refractivity contribution in [3.63, 3.8) is 0 Å². The molecule has 0 spiro atoms. The van der Waals surface area contributed by atoms with E-state index >= 15 is 0 Å². The SMILES string of the molecule is CC.CC1NCSC1C. The summed E-state index contributed by atoms with van der Waals surface area (Å²) in [6.07, 6.45) is 0. The molecule has 1 nitrogen and oxygen atoms in total. The zero-order chi connectivity index (χ0) is 7.28. The van der Waals surface area contributed by atoms with Crippen LogP contribution < -0.4 is 5.32 Å². The molecular weight excluding hydrogens is 130 g/mol. The van der Waals surface area contributed by atoms with Crippen molar-refractivity contribution in [2.24, 2.45) is 0 Å². The van der Waals surface area contributed by atoms with Crippen molar-refractivity contribution in [1.82, 2.24) is 5.32 Å². The molecule has 9 heavy (non-hydrogen) atoms. The summed E-state index contributed by atoms with van der Waals surface area (Å²) in [7, 11) is 0. The minimum absolute atomic E-state index is 0.727. The fraction of sp³-hybridized carbons (Fsp3) is 1.00. The molecule has 1 heterocycles. The molecule has 0 saturated carbocycles. The van der Waals surface area contributed by atoms with Gasteiger partial charge in [0.05, 0.1) is 0 Å². The molecule has 1 rings (SSSR count). The van der Waals surface area contributed by atoms with Gasteiger partial charge in [-0.25, -0.2) is 0 Å². The molecular formula is C7H17NS. The van der Waals surface area contributed by atoms with E-state index in [1.54, 1.807) is 0 Å². The van der Waals surface area contributed by atoms with E-state index < -0.39 is 0 Å². The van der Waals surface area contributed by atoms with Gasteiger partial charge in [0.1, 0.15) is 0 Å². The van der Waals surface area contributed by atoms with Crippen LogP contribution in [-0.2, 0) is 0 Å². The van der Waals surface area contributed by atoms with Gasteiger partial charge < -0.3 is 5.32 Å². The average molecular weight is 147 g/mol. The Hall–Kier alpha value is 0.310. The lowest BCUT2D eigenvalue weighted by Crippen LogP contribution is -2.23. The Morgan fingerprint density at radius 1 is 1.33 bits per heavy atom. The van der Waals surface area contributed by atoms with Gasteiger partial charge in [-0.3, -0.25) is 0 Å². The molecule has 0 radical (unpaired) electrons. The Kier molecular flexibility index (Phi) is 5.30. The molecule has 0 aromatic heterocycles. The van der Waals surface area contributed by atoms with Crippen LogP contribution in [0.4, 0.5) is 0 Å². The van der Waals surface area contributed by atoms with Gasteiger partial charge in [0.2, 0.25) is 0 Å². The van der Waals surface area contributed by atoms with Crippen LogP contribution in [0.3, 0.4) is 0 Å². The van der Waals surface area contributed by atoms with Crippen molar-refractivity contribution in [2.45, 2.75) is 39.0 Å². The smallest absolute Gasteiger partial charge is 0.0423 e. The molecule has 56 valence electrons.